The van der Waals surface area contributed by atoms with Crippen LogP contribution >= 0.6 is 0 Å². The first-order valence-electron chi connectivity index (χ1n) is 9.45. The molecular weight excluding hydrogens is 398 g/mol. The van der Waals surface area contributed by atoms with Crippen LogP contribution in [-0.2, 0) is 19.5 Å². The molecule has 1 atom stereocenters. The van der Waals surface area contributed by atoms with Gasteiger partial charge in [-0.3, -0.25) is 0 Å². The maximum Gasteiger partial charge on any atom is 0.429 e. The van der Waals surface area contributed by atoms with Crippen molar-refractivity contribution >= 4 is 22.2 Å². The summed E-state index contributed by atoms with van der Waals surface area (Å²) in [6, 6.07) is 5.97. The number of fused-ring (bicyclic) bond motifs is 1. The first-order chi connectivity index (χ1) is 13.8. The Balaban J connectivity index is 1.89. The van der Waals surface area contributed by atoms with Crippen LogP contribution in [0.2, 0.25) is 0 Å². The summed E-state index contributed by atoms with van der Waals surface area (Å²) in [5.74, 6) is 0. The maximum absolute atomic E-state index is 13.1. The van der Waals surface area contributed by atoms with Gasteiger partial charge in [0.2, 0.25) is 10.0 Å². The molecule has 3 rings (SSSR count). The van der Waals surface area contributed by atoms with E-state index in [9.17, 15) is 18.0 Å². The lowest BCUT2D eigenvalue weighted by molar-refractivity contribution is -0.0331. The van der Waals surface area contributed by atoms with Crippen molar-refractivity contribution < 1.29 is 27.5 Å². The topological polar surface area (TPSA) is 96.5 Å². The van der Waals surface area contributed by atoms with Crippen LogP contribution in [0.25, 0.3) is 0 Å². The molecule has 2 amide bonds. The Kier molecular flexibility index (Phi) is 6.13. The summed E-state index contributed by atoms with van der Waals surface area (Å²) in [5, 5.41) is 2.32. The van der Waals surface area contributed by atoms with Gasteiger partial charge in [-0.15, -0.1) is 0 Å². The first kappa shape index (κ1) is 21.1. The molecule has 2 aliphatic heterocycles. The molecule has 0 saturated carbocycles. The summed E-state index contributed by atoms with van der Waals surface area (Å²) in [5.41, 5.74) is 1.70. The third kappa shape index (κ3) is 4.08. The van der Waals surface area contributed by atoms with Crippen molar-refractivity contribution in [1.29, 1.82) is 0 Å². The number of amides is 2. The zero-order chi connectivity index (χ0) is 21.2. The molecule has 1 aromatic carbocycles. The summed E-state index contributed by atoms with van der Waals surface area (Å²) in [6.45, 7) is 5.77. The molecular formula is C19H25N3O6S. The van der Waals surface area contributed by atoms with Gasteiger partial charge in [-0.1, -0.05) is 23.8 Å². The Morgan fingerprint density at radius 1 is 1.07 bits per heavy atom. The number of carbonyl (C=O) groups excluding carboxylic acids is 2. The Bertz CT molecular complexity index is 912. The fourth-order valence-corrected chi connectivity index (χ4v) is 4.83. The molecule has 2 aliphatic rings. The number of hydrazine groups is 1. The van der Waals surface area contributed by atoms with Crippen LogP contribution in [0, 0.1) is 6.92 Å². The quantitative estimate of drug-likeness (QED) is 0.689. The van der Waals surface area contributed by atoms with Gasteiger partial charge < -0.3 is 9.47 Å². The van der Waals surface area contributed by atoms with Crippen LogP contribution in [-0.4, -0.2) is 73.8 Å². The fraction of sp³-hybridized carbons (Fsp3) is 0.474. The molecule has 10 heteroatoms. The minimum Gasteiger partial charge on any atom is -0.448 e. The van der Waals surface area contributed by atoms with Gasteiger partial charge in [0.1, 0.15) is 0 Å². The van der Waals surface area contributed by atoms with Crippen LogP contribution in [0.4, 0.5) is 9.59 Å². The van der Waals surface area contributed by atoms with Crippen molar-refractivity contribution in [3.05, 3.63) is 41.5 Å². The minimum atomic E-state index is -3.74. The molecule has 1 saturated heterocycles. The lowest BCUT2D eigenvalue weighted by Crippen LogP contribution is -2.58. The third-order valence-electron chi connectivity index (χ3n) is 4.84. The lowest BCUT2D eigenvalue weighted by atomic mass is 10.1. The van der Waals surface area contributed by atoms with Gasteiger partial charge in [0.25, 0.3) is 0 Å². The largest absolute Gasteiger partial charge is 0.448 e. The second-order valence-corrected chi connectivity index (χ2v) is 8.67. The van der Waals surface area contributed by atoms with Gasteiger partial charge in [-0.25, -0.2) is 28.0 Å². The predicted molar refractivity (Wildman–Crippen MR) is 104 cm³/mol. The molecule has 1 fully saturated rings. The zero-order valence-electron chi connectivity index (χ0n) is 16.7. The minimum absolute atomic E-state index is 0.0246. The number of carbonyl (C=O) groups is 2. The third-order valence-corrected chi connectivity index (χ3v) is 6.66. The van der Waals surface area contributed by atoms with E-state index in [0.29, 0.717) is 0 Å². The normalized spacial score (nSPS) is 19.6. The first-order valence-corrected chi connectivity index (χ1v) is 10.9. The number of ether oxygens (including phenoxy) is 2. The molecule has 1 aromatic rings. The summed E-state index contributed by atoms with van der Waals surface area (Å²) in [6.07, 6.45) is 0.364. The van der Waals surface area contributed by atoms with Gasteiger partial charge >= 0.3 is 12.2 Å². The van der Waals surface area contributed by atoms with Gasteiger partial charge in [0.15, 0.2) is 0 Å². The second-order valence-electron chi connectivity index (χ2n) is 6.73. The number of hydrogen-bond donors (Lipinski definition) is 0. The van der Waals surface area contributed by atoms with Crippen molar-refractivity contribution in [1.82, 2.24) is 14.3 Å². The smallest absolute Gasteiger partial charge is 0.429 e. The summed E-state index contributed by atoms with van der Waals surface area (Å²) >= 11 is 0. The van der Waals surface area contributed by atoms with Crippen molar-refractivity contribution in [2.75, 3.05) is 32.8 Å². The van der Waals surface area contributed by atoms with E-state index >= 15 is 0 Å². The highest BCUT2D eigenvalue weighted by molar-refractivity contribution is 7.89. The number of aryl methyl sites for hydroxylation is 1. The monoisotopic (exact) mass is 423 g/mol. The Labute approximate surface area is 170 Å². The average Bonchev–Trinajstić information content (AvgIpc) is 3.13. The maximum atomic E-state index is 13.1. The number of rotatable bonds is 4. The molecule has 0 spiro atoms. The van der Waals surface area contributed by atoms with E-state index in [1.165, 1.54) is 9.31 Å². The van der Waals surface area contributed by atoms with Crippen molar-refractivity contribution in [3.63, 3.8) is 0 Å². The van der Waals surface area contributed by atoms with E-state index < -0.39 is 28.3 Å². The summed E-state index contributed by atoms with van der Waals surface area (Å²) in [7, 11) is -3.74. The number of benzene rings is 1. The molecule has 158 valence electrons. The number of sulfonamides is 1. The zero-order valence-corrected chi connectivity index (χ0v) is 17.5. The SMILES string of the molecule is CCOC(=O)N1CC=C2CN(S(=O)(=O)c3ccc(C)cc3)CC2N1C(=O)OCC. The molecule has 0 aliphatic carbocycles. The molecule has 9 nitrogen and oxygen atoms in total. The highest BCUT2D eigenvalue weighted by Gasteiger charge is 2.46. The van der Waals surface area contributed by atoms with Crippen LogP contribution < -0.4 is 0 Å². The Hall–Kier alpha value is -2.59. The number of hydrogen-bond acceptors (Lipinski definition) is 6. The Morgan fingerprint density at radius 3 is 2.31 bits per heavy atom. The van der Waals surface area contributed by atoms with E-state index in [-0.39, 0.29) is 37.7 Å². The van der Waals surface area contributed by atoms with Crippen molar-refractivity contribution in [3.8, 4) is 0 Å². The summed E-state index contributed by atoms with van der Waals surface area (Å²) < 4.78 is 37.6. The highest BCUT2D eigenvalue weighted by Crippen LogP contribution is 2.31. The molecule has 0 N–H and O–H groups in total. The molecule has 0 aromatic heterocycles. The van der Waals surface area contributed by atoms with Gasteiger partial charge in [-0.2, -0.15) is 4.31 Å². The molecule has 0 radical (unpaired) electrons. The number of nitrogens with zero attached hydrogens (tertiary/aromatic N) is 3. The molecule has 29 heavy (non-hydrogen) atoms. The standard InChI is InChI=1S/C19H25N3O6S/c1-4-27-18(23)21-11-10-15-12-20(13-17(15)22(21)19(24)28-5-2)29(25,26)16-8-6-14(3)7-9-16/h6-10,17H,4-5,11-13H2,1-3H3. The van der Waals surface area contributed by atoms with Crippen molar-refractivity contribution in [2.45, 2.75) is 31.7 Å². The van der Waals surface area contributed by atoms with Crippen LogP contribution in [0.3, 0.4) is 0 Å². The van der Waals surface area contributed by atoms with Crippen LogP contribution in [0.5, 0.6) is 0 Å². The molecule has 2 heterocycles. The van der Waals surface area contributed by atoms with E-state index in [4.69, 9.17) is 9.47 Å². The predicted octanol–water partition coefficient (Wildman–Crippen LogP) is 2.14. The van der Waals surface area contributed by atoms with Crippen LogP contribution in [0.1, 0.15) is 19.4 Å². The van der Waals surface area contributed by atoms with E-state index in [2.05, 4.69) is 0 Å². The van der Waals surface area contributed by atoms with E-state index in [1.807, 2.05) is 6.92 Å². The van der Waals surface area contributed by atoms with Gasteiger partial charge in [0, 0.05) is 13.1 Å². The van der Waals surface area contributed by atoms with Crippen molar-refractivity contribution in [2.24, 2.45) is 0 Å². The highest BCUT2D eigenvalue weighted by atomic mass is 32.2. The van der Waals surface area contributed by atoms with Gasteiger partial charge in [-0.05, 0) is 38.5 Å². The molecule has 1 unspecified atom stereocenters. The van der Waals surface area contributed by atoms with E-state index in [0.717, 1.165) is 16.1 Å². The molecule has 0 bridgehead atoms. The van der Waals surface area contributed by atoms with Gasteiger partial charge in [0.05, 0.1) is 30.7 Å². The second kappa shape index (κ2) is 8.42. The fourth-order valence-electron chi connectivity index (χ4n) is 3.40. The van der Waals surface area contributed by atoms with E-state index in [1.54, 1.807) is 44.2 Å². The summed E-state index contributed by atoms with van der Waals surface area (Å²) in [4.78, 5) is 25.1. The Morgan fingerprint density at radius 2 is 1.69 bits per heavy atom. The van der Waals surface area contributed by atoms with Crippen LogP contribution in [0.15, 0.2) is 40.8 Å². The lowest BCUT2D eigenvalue weighted by Gasteiger charge is -2.39. The average molecular weight is 423 g/mol.